The molecule has 0 radical (unpaired) electrons. The average molecular weight is 412 g/mol. The highest BCUT2D eigenvalue weighted by Crippen LogP contribution is 2.35. The van der Waals surface area contributed by atoms with Crippen molar-refractivity contribution in [2.24, 2.45) is 0 Å². The van der Waals surface area contributed by atoms with E-state index >= 15 is 0 Å². The Kier molecular flexibility index (Phi) is 4.99. The van der Waals surface area contributed by atoms with Crippen molar-refractivity contribution in [2.45, 2.75) is 25.1 Å². The number of carbonyl (C=O) groups excluding carboxylic acids is 1. The summed E-state index contributed by atoms with van der Waals surface area (Å²) < 4.78 is 44.2. The van der Waals surface area contributed by atoms with E-state index < -0.39 is 17.8 Å². The molecule has 1 amide bonds. The summed E-state index contributed by atoms with van der Waals surface area (Å²) in [5.74, 6) is -0.0694. The molecular formula is C21H15F3N4O2. The molecule has 1 aliphatic heterocycles. The highest BCUT2D eigenvalue weighted by Gasteiger charge is 2.35. The summed E-state index contributed by atoms with van der Waals surface area (Å²) >= 11 is 0. The van der Waals surface area contributed by atoms with E-state index in [1.807, 2.05) is 6.07 Å². The van der Waals surface area contributed by atoms with Crippen LogP contribution in [-0.2, 0) is 6.18 Å². The van der Waals surface area contributed by atoms with Crippen LogP contribution in [0.15, 0.2) is 53.1 Å². The van der Waals surface area contributed by atoms with Crippen LogP contribution >= 0.6 is 0 Å². The van der Waals surface area contributed by atoms with Crippen molar-refractivity contribution in [2.75, 3.05) is 6.54 Å². The fourth-order valence-corrected chi connectivity index (χ4v) is 3.48. The van der Waals surface area contributed by atoms with Gasteiger partial charge in [-0.2, -0.15) is 23.4 Å². The van der Waals surface area contributed by atoms with E-state index in [0.29, 0.717) is 24.1 Å². The summed E-state index contributed by atoms with van der Waals surface area (Å²) in [4.78, 5) is 18.8. The Balaban J connectivity index is 1.60. The Morgan fingerprint density at radius 2 is 2.00 bits per heavy atom. The number of nitriles is 1. The summed E-state index contributed by atoms with van der Waals surface area (Å²) in [7, 11) is 0. The molecule has 0 saturated carbocycles. The molecule has 0 aliphatic carbocycles. The zero-order valence-corrected chi connectivity index (χ0v) is 15.6. The Morgan fingerprint density at radius 1 is 1.20 bits per heavy atom. The highest BCUT2D eigenvalue weighted by molar-refractivity contribution is 5.95. The summed E-state index contributed by atoms with van der Waals surface area (Å²) in [6.07, 6.45) is -3.17. The molecule has 152 valence electrons. The minimum atomic E-state index is -4.48. The van der Waals surface area contributed by atoms with Crippen LogP contribution in [0.4, 0.5) is 13.2 Å². The second kappa shape index (κ2) is 7.63. The van der Waals surface area contributed by atoms with Crippen molar-refractivity contribution in [1.82, 2.24) is 15.0 Å². The fourth-order valence-electron chi connectivity index (χ4n) is 3.48. The number of halogens is 3. The lowest BCUT2D eigenvalue weighted by atomic mass is 10.1. The Hall–Kier alpha value is -3.67. The number of rotatable bonds is 3. The number of hydrogen-bond donors (Lipinski definition) is 0. The molecule has 2 aromatic carbocycles. The number of benzene rings is 2. The van der Waals surface area contributed by atoms with Gasteiger partial charge in [0.05, 0.1) is 17.2 Å². The third-order valence-electron chi connectivity index (χ3n) is 4.93. The lowest BCUT2D eigenvalue weighted by Gasteiger charge is -2.22. The van der Waals surface area contributed by atoms with E-state index in [2.05, 4.69) is 10.1 Å². The smallest absolute Gasteiger partial charge is 0.337 e. The van der Waals surface area contributed by atoms with Crippen LogP contribution in [0, 0.1) is 11.3 Å². The van der Waals surface area contributed by atoms with Gasteiger partial charge in [0.15, 0.2) is 0 Å². The monoisotopic (exact) mass is 412 g/mol. The number of hydrogen-bond acceptors (Lipinski definition) is 5. The van der Waals surface area contributed by atoms with Crippen LogP contribution in [0.3, 0.4) is 0 Å². The first-order chi connectivity index (χ1) is 14.4. The molecule has 4 rings (SSSR count). The van der Waals surface area contributed by atoms with Gasteiger partial charge in [-0.3, -0.25) is 4.79 Å². The van der Waals surface area contributed by atoms with E-state index in [0.717, 1.165) is 18.6 Å². The minimum absolute atomic E-state index is 0.0295. The molecule has 1 fully saturated rings. The number of aromatic nitrogens is 2. The SMILES string of the molecule is N#Cc1cccc(C(=O)N2CCCC2c2nc(-c3cccc(C(F)(F)F)c3)no2)c1. The molecule has 1 aromatic heterocycles. The van der Waals surface area contributed by atoms with Gasteiger partial charge in [0, 0.05) is 17.7 Å². The van der Waals surface area contributed by atoms with E-state index in [1.165, 1.54) is 18.2 Å². The Labute approximate surface area is 169 Å². The molecule has 0 N–H and O–H groups in total. The third kappa shape index (κ3) is 3.76. The molecule has 0 spiro atoms. The molecule has 1 atom stereocenters. The molecule has 1 saturated heterocycles. The van der Waals surface area contributed by atoms with E-state index in [4.69, 9.17) is 9.78 Å². The van der Waals surface area contributed by atoms with Crippen LogP contribution in [0.2, 0.25) is 0 Å². The minimum Gasteiger partial charge on any atom is -0.337 e. The van der Waals surface area contributed by atoms with Gasteiger partial charge < -0.3 is 9.42 Å². The molecule has 6 nitrogen and oxygen atoms in total. The lowest BCUT2D eigenvalue weighted by Crippen LogP contribution is -2.30. The first-order valence-corrected chi connectivity index (χ1v) is 9.19. The van der Waals surface area contributed by atoms with Crippen LogP contribution in [-0.4, -0.2) is 27.5 Å². The van der Waals surface area contributed by atoms with Crippen molar-refractivity contribution >= 4 is 5.91 Å². The number of amides is 1. The quantitative estimate of drug-likeness (QED) is 0.628. The van der Waals surface area contributed by atoms with E-state index in [-0.39, 0.29) is 23.2 Å². The number of carbonyl (C=O) groups is 1. The van der Waals surface area contributed by atoms with Gasteiger partial charge in [-0.15, -0.1) is 0 Å². The standard InChI is InChI=1S/C21H15F3N4O2/c22-21(23,24)16-7-2-5-14(11-16)18-26-19(30-27-18)17-8-3-9-28(17)20(29)15-6-1-4-13(10-15)12-25/h1-2,4-7,10-11,17H,3,8-9H2. The van der Waals surface area contributed by atoms with Crippen molar-refractivity contribution in [3.63, 3.8) is 0 Å². The largest absolute Gasteiger partial charge is 0.416 e. The molecule has 1 unspecified atom stereocenters. The van der Waals surface area contributed by atoms with Gasteiger partial charge in [-0.05, 0) is 43.2 Å². The summed E-state index contributed by atoms with van der Waals surface area (Å²) in [6.45, 7) is 0.474. The van der Waals surface area contributed by atoms with E-state index in [9.17, 15) is 18.0 Å². The first-order valence-electron chi connectivity index (χ1n) is 9.19. The van der Waals surface area contributed by atoms with Crippen molar-refractivity contribution in [3.05, 3.63) is 71.1 Å². The normalized spacial score (nSPS) is 16.5. The number of nitrogens with zero attached hydrogens (tertiary/aromatic N) is 4. The zero-order chi connectivity index (χ0) is 21.3. The van der Waals surface area contributed by atoms with Gasteiger partial charge in [-0.25, -0.2) is 0 Å². The molecule has 2 heterocycles. The maximum absolute atomic E-state index is 13.0. The summed E-state index contributed by atoms with van der Waals surface area (Å²) in [5, 5.41) is 12.9. The molecule has 0 bridgehead atoms. The maximum Gasteiger partial charge on any atom is 0.416 e. The van der Waals surface area contributed by atoms with Crippen LogP contribution in [0.1, 0.15) is 46.3 Å². The molecular weight excluding hydrogens is 397 g/mol. The predicted octanol–water partition coefficient (Wildman–Crippen LogP) is 4.60. The lowest BCUT2D eigenvalue weighted by molar-refractivity contribution is -0.137. The van der Waals surface area contributed by atoms with Gasteiger partial charge in [0.2, 0.25) is 11.7 Å². The predicted molar refractivity (Wildman–Crippen MR) is 98.9 cm³/mol. The van der Waals surface area contributed by atoms with E-state index in [1.54, 1.807) is 23.1 Å². The zero-order valence-electron chi connectivity index (χ0n) is 15.6. The van der Waals surface area contributed by atoms with Crippen molar-refractivity contribution < 1.29 is 22.5 Å². The Bertz CT molecular complexity index is 1130. The second-order valence-corrected chi connectivity index (χ2v) is 6.88. The van der Waals surface area contributed by atoms with Gasteiger partial charge in [0.25, 0.3) is 5.91 Å². The van der Waals surface area contributed by atoms with Crippen molar-refractivity contribution in [3.8, 4) is 17.5 Å². The Morgan fingerprint density at radius 3 is 2.77 bits per heavy atom. The third-order valence-corrected chi connectivity index (χ3v) is 4.93. The van der Waals surface area contributed by atoms with Crippen LogP contribution in [0.5, 0.6) is 0 Å². The maximum atomic E-state index is 13.0. The molecule has 3 aromatic rings. The summed E-state index contributed by atoms with van der Waals surface area (Å²) in [6, 6.07) is 12.6. The van der Waals surface area contributed by atoms with Gasteiger partial charge >= 0.3 is 6.18 Å². The van der Waals surface area contributed by atoms with Crippen LogP contribution < -0.4 is 0 Å². The van der Waals surface area contributed by atoms with Crippen LogP contribution in [0.25, 0.3) is 11.4 Å². The second-order valence-electron chi connectivity index (χ2n) is 6.88. The fraction of sp³-hybridized carbons (Fsp3) is 0.238. The van der Waals surface area contributed by atoms with Gasteiger partial charge in [0.1, 0.15) is 6.04 Å². The molecule has 9 heteroatoms. The average Bonchev–Trinajstić information content (AvgIpc) is 3.42. The first kappa shape index (κ1) is 19.6. The summed E-state index contributed by atoms with van der Waals surface area (Å²) in [5.41, 5.74) is 0.124. The number of alkyl halides is 3. The van der Waals surface area contributed by atoms with Gasteiger partial charge in [-0.1, -0.05) is 23.4 Å². The van der Waals surface area contributed by atoms with Crippen molar-refractivity contribution in [1.29, 1.82) is 5.26 Å². The molecule has 30 heavy (non-hydrogen) atoms. The topological polar surface area (TPSA) is 83.0 Å². The number of likely N-dealkylation sites (tertiary alicyclic amines) is 1. The molecule has 1 aliphatic rings. The highest BCUT2D eigenvalue weighted by atomic mass is 19.4.